The number of hydrogen-bond donors (Lipinski definition) is 1. The summed E-state index contributed by atoms with van der Waals surface area (Å²) in [7, 11) is 0. The van der Waals surface area contributed by atoms with Gasteiger partial charge >= 0.3 is 0 Å². The number of likely N-dealkylation sites (tertiary alicyclic amines) is 1. The second kappa shape index (κ2) is 7.03. The number of nitrogens with one attached hydrogen (secondary N) is 1. The van der Waals surface area contributed by atoms with E-state index in [0.29, 0.717) is 19.5 Å². The maximum absolute atomic E-state index is 12.4. The van der Waals surface area contributed by atoms with E-state index in [1.165, 1.54) is 0 Å². The number of fused-ring (bicyclic) bond motifs is 1. The van der Waals surface area contributed by atoms with E-state index < -0.39 is 0 Å². The van der Waals surface area contributed by atoms with Crippen LogP contribution in [0.3, 0.4) is 0 Å². The monoisotopic (exact) mass is 328 g/mol. The molecular weight excluding hydrogens is 304 g/mol. The molecule has 2 unspecified atom stereocenters. The van der Waals surface area contributed by atoms with E-state index in [-0.39, 0.29) is 23.8 Å². The first-order valence-electron chi connectivity index (χ1n) is 8.58. The molecule has 0 radical (unpaired) electrons. The Morgan fingerprint density at radius 2 is 2.29 bits per heavy atom. The number of amides is 2. The first-order valence-corrected chi connectivity index (χ1v) is 8.58. The van der Waals surface area contributed by atoms with Crippen molar-refractivity contribution in [2.24, 2.45) is 5.92 Å². The summed E-state index contributed by atoms with van der Waals surface area (Å²) in [6, 6.07) is 6.00. The van der Waals surface area contributed by atoms with Crippen molar-refractivity contribution in [3.8, 4) is 0 Å². The molecule has 6 heteroatoms. The fourth-order valence-electron chi connectivity index (χ4n) is 3.30. The summed E-state index contributed by atoms with van der Waals surface area (Å²) < 4.78 is 1.93. The molecule has 128 valence electrons. The Hall–Kier alpha value is -2.37. The van der Waals surface area contributed by atoms with Crippen LogP contribution in [0.1, 0.15) is 38.8 Å². The van der Waals surface area contributed by atoms with Crippen LogP contribution < -0.4 is 5.32 Å². The van der Waals surface area contributed by atoms with Gasteiger partial charge in [-0.05, 0) is 25.5 Å². The van der Waals surface area contributed by atoms with Crippen LogP contribution in [-0.4, -0.2) is 38.7 Å². The van der Waals surface area contributed by atoms with Crippen molar-refractivity contribution in [1.29, 1.82) is 0 Å². The van der Waals surface area contributed by atoms with Crippen molar-refractivity contribution in [3.63, 3.8) is 0 Å². The van der Waals surface area contributed by atoms with Gasteiger partial charge in [0.2, 0.25) is 11.8 Å². The van der Waals surface area contributed by atoms with Crippen molar-refractivity contribution in [2.75, 3.05) is 6.54 Å². The predicted molar refractivity (Wildman–Crippen MR) is 91.2 cm³/mol. The lowest BCUT2D eigenvalue weighted by atomic mass is 10.1. The highest BCUT2D eigenvalue weighted by Crippen LogP contribution is 2.22. The van der Waals surface area contributed by atoms with Gasteiger partial charge in [-0.3, -0.25) is 9.59 Å². The third kappa shape index (κ3) is 3.42. The SMILES string of the molecule is CCCC(C)N1CC(C(=O)NCc2cn3ccccc3n2)CC1=O. The first kappa shape index (κ1) is 16.5. The highest BCUT2D eigenvalue weighted by molar-refractivity contribution is 5.89. The largest absolute Gasteiger partial charge is 0.350 e. The summed E-state index contributed by atoms with van der Waals surface area (Å²) in [6.07, 6.45) is 6.16. The van der Waals surface area contributed by atoms with Crippen molar-refractivity contribution in [1.82, 2.24) is 19.6 Å². The number of hydrogen-bond acceptors (Lipinski definition) is 3. The Bertz CT molecular complexity index is 706. The minimum Gasteiger partial charge on any atom is -0.350 e. The molecule has 0 spiro atoms. The quantitative estimate of drug-likeness (QED) is 0.882. The predicted octanol–water partition coefficient (Wildman–Crippen LogP) is 1.99. The van der Waals surface area contributed by atoms with Gasteiger partial charge in [0.05, 0.1) is 18.2 Å². The summed E-state index contributed by atoms with van der Waals surface area (Å²) >= 11 is 0. The third-order valence-corrected chi connectivity index (χ3v) is 4.63. The number of nitrogens with zero attached hydrogens (tertiary/aromatic N) is 3. The summed E-state index contributed by atoms with van der Waals surface area (Å²) in [5.74, 6) is -0.232. The van der Waals surface area contributed by atoms with Crippen LogP contribution >= 0.6 is 0 Å². The fraction of sp³-hybridized carbons (Fsp3) is 0.500. The van der Waals surface area contributed by atoms with Crippen molar-refractivity contribution in [3.05, 3.63) is 36.3 Å². The summed E-state index contributed by atoms with van der Waals surface area (Å²) in [6.45, 7) is 5.07. The Morgan fingerprint density at radius 3 is 3.04 bits per heavy atom. The zero-order valence-electron chi connectivity index (χ0n) is 14.2. The normalized spacial score (nSPS) is 19.0. The number of carbonyl (C=O) groups is 2. The van der Waals surface area contributed by atoms with E-state index in [9.17, 15) is 9.59 Å². The minimum atomic E-state index is -0.256. The third-order valence-electron chi connectivity index (χ3n) is 4.63. The van der Waals surface area contributed by atoms with Crippen molar-refractivity contribution >= 4 is 17.5 Å². The lowest BCUT2D eigenvalue weighted by molar-refractivity contribution is -0.130. The zero-order chi connectivity index (χ0) is 17.1. The smallest absolute Gasteiger partial charge is 0.225 e. The minimum absolute atomic E-state index is 0.0633. The van der Waals surface area contributed by atoms with Gasteiger partial charge in [-0.25, -0.2) is 4.98 Å². The maximum atomic E-state index is 12.4. The molecule has 1 aliphatic rings. The van der Waals surface area contributed by atoms with Crippen LogP contribution in [-0.2, 0) is 16.1 Å². The molecule has 0 aliphatic carbocycles. The van der Waals surface area contributed by atoms with E-state index in [1.54, 1.807) is 0 Å². The Morgan fingerprint density at radius 1 is 1.46 bits per heavy atom. The molecule has 0 saturated carbocycles. The molecule has 3 heterocycles. The van der Waals surface area contributed by atoms with Gasteiger partial charge in [-0.1, -0.05) is 19.4 Å². The van der Waals surface area contributed by atoms with Gasteiger partial charge in [-0.2, -0.15) is 0 Å². The highest BCUT2D eigenvalue weighted by Gasteiger charge is 2.36. The molecule has 2 amide bonds. The molecular formula is C18H24N4O2. The van der Waals surface area contributed by atoms with Gasteiger partial charge in [0.1, 0.15) is 5.65 Å². The number of carbonyl (C=O) groups excluding carboxylic acids is 2. The molecule has 2 atom stereocenters. The van der Waals surface area contributed by atoms with E-state index in [0.717, 1.165) is 24.2 Å². The van der Waals surface area contributed by atoms with Crippen LogP contribution in [0, 0.1) is 5.92 Å². The molecule has 1 fully saturated rings. The molecule has 6 nitrogen and oxygen atoms in total. The maximum Gasteiger partial charge on any atom is 0.225 e. The molecule has 24 heavy (non-hydrogen) atoms. The number of rotatable bonds is 6. The Labute approximate surface area is 141 Å². The van der Waals surface area contributed by atoms with E-state index >= 15 is 0 Å². The zero-order valence-corrected chi connectivity index (χ0v) is 14.2. The molecule has 2 aromatic heterocycles. The van der Waals surface area contributed by atoms with Crippen molar-refractivity contribution < 1.29 is 9.59 Å². The van der Waals surface area contributed by atoms with Crippen LogP contribution in [0.25, 0.3) is 5.65 Å². The number of pyridine rings is 1. The van der Waals surface area contributed by atoms with Gasteiger partial charge in [0.25, 0.3) is 0 Å². The molecule has 1 N–H and O–H groups in total. The number of imidazole rings is 1. The summed E-state index contributed by atoms with van der Waals surface area (Å²) in [5.41, 5.74) is 1.67. The van der Waals surface area contributed by atoms with E-state index in [1.807, 2.05) is 39.9 Å². The highest BCUT2D eigenvalue weighted by atomic mass is 16.2. The topological polar surface area (TPSA) is 66.7 Å². The summed E-state index contributed by atoms with van der Waals surface area (Å²) in [5, 5.41) is 2.92. The van der Waals surface area contributed by atoms with Gasteiger partial charge in [0, 0.05) is 31.4 Å². The number of aromatic nitrogens is 2. The Balaban J connectivity index is 1.56. The average molecular weight is 328 g/mol. The van der Waals surface area contributed by atoms with Crippen LogP contribution in [0.5, 0.6) is 0 Å². The van der Waals surface area contributed by atoms with E-state index in [2.05, 4.69) is 24.1 Å². The molecule has 1 aliphatic heterocycles. The van der Waals surface area contributed by atoms with Gasteiger partial charge in [-0.15, -0.1) is 0 Å². The second-order valence-corrected chi connectivity index (χ2v) is 6.50. The molecule has 0 aromatic carbocycles. The summed E-state index contributed by atoms with van der Waals surface area (Å²) in [4.78, 5) is 30.8. The lowest BCUT2D eigenvalue weighted by Gasteiger charge is -2.24. The van der Waals surface area contributed by atoms with Crippen molar-refractivity contribution in [2.45, 2.75) is 45.7 Å². The lowest BCUT2D eigenvalue weighted by Crippen LogP contribution is -2.36. The second-order valence-electron chi connectivity index (χ2n) is 6.50. The molecule has 3 rings (SSSR count). The van der Waals surface area contributed by atoms with Gasteiger partial charge < -0.3 is 14.6 Å². The average Bonchev–Trinajstić information content (AvgIpc) is 3.16. The van der Waals surface area contributed by atoms with Crippen LogP contribution in [0.4, 0.5) is 0 Å². The van der Waals surface area contributed by atoms with Crippen LogP contribution in [0.2, 0.25) is 0 Å². The first-order chi connectivity index (χ1) is 11.6. The Kier molecular flexibility index (Phi) is 4.83. The standard InChI is InChI=1S/C18H24N4O2/c1-3-6-13(2)22-11-14(9-17(22)23)18(24)19-10-15-12-21-8-5-4-7-16(21)20-15/h4-5,7-8,12-14H,3,6,9-11H2,1-2H3,(H,19,24). The fourth-order valence-corrected chi connectivity index (χ4v) is 3.30. The van der Waals surface area contributed by atoms with E-state index in [4.69, 9.17) is 0 Å². The molecule has 1 saturated heterocycles. The van der Waals surface area contributed by atoms with Crippen LogP contribution in [0.15, 0.2) is 30.6 Å². The molecule has 0 bridgehead atoms. The molecule has 2 aromatic rings. The van der Waals surface area contributed by atoms with Gasteiger partial charge in [0.15, 0.2) is 0 Å².